The first-order chi connectivity index (χ1) is 10.1. The molecule has 0 heterocycles. The van der Waals surface area contributed by atoms with Crippen molar-refractivity contribution in [3.05, 3.63) is 29.3 Å². The Balaban J connectivity index is 3.15. The largest absolute Gasteiger partial charge is 0.496 e. The van der Waals surface area contributed by atoms with Crippen LogP contribution in [-0.2, 0) is 4.79 Å². The number of Topliss-reactive ketones (excluding diaryl/α,β-unsaturated/α-hetero) is 1. The molecule has 3 nitrogen and oxygen atoms in total. The molecule has 3 heteroatoms. The van der Waals surface area contributed by atoms with Crippen LogP contribution < -0.4 is 4.74 Å². The van der Waals surface area contributed by atoms with E-state index in [2.05, 4.69) is 19.9 Å². The predicted octanol–water partition coefficient (Wildman–Crippen LogP) is 4.40. The molecule has 0 radical (unpaired) electrons. The second-order valence-electron chi connectivity index (χ2n) is 5.48. The van der Waals surface area contributed by atoms with E-state index in [1.165, 1.54) is 0 Å². The highest BCUT2D eigenvalue weighted by Gasteiger charge is 2.29. The van der Waals surface area contributed by atoms with Crippen LogP contribution in [0.2, 0.25) is 0 Å². The molecule has 0 amide bonds. The van der Waals surface area contributed by atoms with Gasteiger partial charge in [0.15, 0.2) is 5.78 Å². The van der Waals surface area contributed by atoms with Gasteiger partial charge < -0.3 is 4.74 Å². The first-order valence-corrected chi connectivity index (χ1v) is 7.66. The van der Waals surface area contributed by atoms with Gasteiger partial charge in [0.25, 0.3) is 0 Å². The van der Waals surface area contributed by atoms with Crippen molar-refractivity contribution in [2.75, 3.05) is 7.11 Å². The van der Waals surface area contributed by atoms with Gasteiger partial charge in [-0.2, -0.15) is 5.26 Å². The maximum absolute atomic E-state index is 12.8. The van der Waals surface area contributed by atoms with E-state index >= 15 is 0 Å². The first-order valence-electron chi connectivity index (χ1n) is 7.66. The van der Waals surface area contributed by atoms with Crippen LogP contribution in [0.15, 0.2) is 18.2 Å². The van der Waals surface area contributed by atoms with E-state index in [-0.39, 0.29) is 11.7 Å². The van der Waals surface area contributed by atoms with Crippen LogP contribution in [0.4, 0.5) is 0 Å². The molecule has 0 aromatic heterocycles. The lowest BCUT2D eigenvalue weighted by Gasteiger charge is -2.19. The zero-order valence-corrected chi connectivity index (χ0v) is 13.5. The molecule has 0 fully saturated rings. The molecule has 1 aromatic carbocycles. The SMILES string of the molecule is CCCC(CCC)C(=O)C(C#N)c1cc(C)ccc1OC. The number of hydrogen-bond donors (Lipinski definition) is 0. The molecule has 1 unspecified atom stereocenters. The predicted molar refractivity (Wildman–Crippen MR) is 84.4 cm³/mol. The lowest BCUT2D eigenvalue weighted by Crippen LogP contribution is -2.22. The number of carbonyl (C=O) groups excluding carboxylic acids is 1. The van der Waals surface area contributed by atoms with Crippen LogP contribution in [0.1, 0.15) is 56.6 Å². The second kappa shape index (κ2) is 8.46. The molecule has 0 saturated carbocycles. The lowest BCUT2D eigenvalue weighted by molar-refractivity contribution is -0.123. The number of hydrogen-bond acceptors (Lipinski definition) is 3. The number of methoxy groups -OCH3 is 1. The molecule has 0 aliphatic carbocycles. The van der Waals surface area contributed by atoms with Gasteiger partial charge >= 0.3 is 0 Å². The topological polar surface area (TPSA) is 50.1 Å². The molecular weight excluding hydrogens is 262 g/mol. The Hall–Kier alpha value is -1.82. The van der Waals surface area contributed by atoms with Crippen molar-refractivity contribution in [2.24, 2.45) is 5.92 Å². The van der Waals surface area contributed by atoms with Gasteiger partial charge in [-0.25, -0.2) is 0 Å². The minimum atomic E-state index is -0.733. The summed E-state index contributed by atoms with van der Waals surface area (Å²) < 4.78 is 5.33. The number of ketones is 1. The molecule has 0 aliphatic heterocycles. The number of carbonyl (C=O) groups is 1. The summed E-state index contributed by atoms with van der Waals surface area (Å²) >= 11 is 0. The Labute approximate surface area is 127 Å². The summed E-state index contributed by atoms with van der Waals surface area (Å²) in [6.07, 6.45) is 3.61. The minimum Gasteiger partial charge on any atom is -0.496 e. The van der Waals surface area contributed by atoms with Crippen LogP contribution in [0.5, 0.6) is 5.75 Å². The number of ether oxygens (including phenoxy) is 1. The van der Waals surface area contributed by atoms with E-state index in [0.29, 0.717) is 11.3 Å². The number of rotatable bonds is 8. The van der Waals surface area contributed by atoms with E-state index in [1.807, 2.05) is 25.1 Å². The molecule has 0 spiro atoms. The summed E-state index contributed by atoms with van der Waals surface area (Å²) in [6.45, 7) is 6.10. The third-order valence-corrected chi connectivity index (χ3v) is 3.79. The van der Waals surface area contributed by atoms with Crippen LogP contribution in [0.3, 0.4) is 0 Å². The third kappa shape index (κ3) is 4.32. The molecule has 0 aliphatic rings. The van der Waals surface area contributed by atoms with Gasteiger partial charge in [-0.3, -0.25) is 4.79 Å². The van der Waals surface area contributed by atoms with Gasteiger partial charge in [0.05, 0.1) is 13.2 Å². The highest BCUT2D eigenvalue weighted by molar-refractivity contribution is 5.91. The Morgan fingerprint density at radius 1 is 1.29 bits per heavy atom. The van der Waals surface area contributed by atoms with E-state index in [9.17, 15) is 10.1 Å². The number of aryl methyl sites for hydroxylation is 1. The number of nitriles is 1. The van der Waals surface area contributed by atoms with Gasteiger partial charge in [-0.1, -0.05) is 44.4 Å². The third-order valence-electron chi connectivity index (χ3n) is 3.79. The molecule has 1 rings (SSSR count). The molecular formula is C18H25NO2. The van der Waals surface area contributed by atoms with Crippen LogP contribution in [0.25, 0.3) is 0 Å². The number of nitrogens with zero attached hydrogens (tertiary/aromatic N) is 1. The van der Waals surface area contributed by atoms with Gasteiger partial charge in [0.2, 0.25) is 0 Å². The standard InChI is InChI=1S/C18H25NO2/c1-5-7-14(8-6-2)18(20)16(12-19)15-11-13(3)9-10-17(15)21-4/h9-11,14,16H,5-8H2,1-4H3. The Morgan fingerprint density at radius 2 is 1.90 bits per heavy atom. The van der Waals surface area contributed by atoms with Crippen molar-refractivity contribution < 1.29 is 9.53 Å². The fourth-order valence-corrected chi connectivity index (χ4v) is 2.73. The van der Waals surface area contributed by atoms with E-state index in [0.717, 1.165) is 31.2 Å². The summed E-state index contributed by atoms with van der Waals surface area (Å²) in [5.41, 5.74) is 1.73. The second-order valence-corrected chi connectivity index (χ2v) is 5.48. The van der Waals surface area contributed by atoms with Crippen molar-refractivity contribution in [2.45, 2.75) is 52.4 Å². The molecule has 0 bridgehead atoms. The van der Waals surface area contributed by atoms with E-state index in [1.54, 1.807) is 7.11 Å². The van der Waals surface area contributed by atoms with Crippen molar-refractivity contribution in [3.8, 4) is 11.8 Å². The highest BCUT2D eigenvalue weighted by Crippen LogP contribution is 2.32. The molecule has 0 saturated heterocycles. The van der Waals surface area contributed by atoms with E-state index < -0.39 is 5.92 Å². The lowest BCUT2D eigenvalue weighted by atomic mass is 9.83. The quantitative estimate of drug-likeness (QED) is 0.712. The molecule has 114 valence electrons. The molecule has 1 atom stereocenters. The average Bonchev–Trinajstić information content (AvgIpc) is 2.48. The van der Waals surface area contributed by atoms with Crippen molar-refractivity contribution in [3.63, 3.8) is 0 Å². The monoisotopic (exact) mass is 287 g/mol. The summed E-state index contributed by atoms with van der Waals surface area (Å²) in [5.74, 6) is -0.116. The van der Waals surface area contributed by atoms with Crippen LogP contribution in [0, 0.1) is 24.2 Å². The van der Waals surface area contributed by atoms with E-state index in [4.69, 9.17) is 4.74 Å². The zero-order chi connectivity index (χ0) is 15.8. The fourth-order valence-electron chi connectivity index (χ4n) is 2.73. The van der Waals surface area contributed by atoms with Gasteiger partial charge in [-0.05, 0) is 25.8 Å². The molecule has 1 aromatic rings. The van der Waals surface area contributed by atoms with Gasteiger partial charge in [-0.15, -0.1) is 0 Å². The Morgan fingerprint density at radius 3 is 2.38 bits per heavy atom. The summed E-state index contributed by atoms with van der Waals surface area (Å²) in [6, 6.07) is 7.83. The van der Waals surface area contributed by atoms with Crippen LogP contribution in [-0.4, -0.2) is 12.9 Å². The summed E-state index contributed by atoms with van der Waals surface area (Å²) in [7, 11) is 1.57. The highest BCUT2D eigenvalue weighted by atomic mass is 16.5. The Bertz CT molecular complexity index is 510. The minimum absolute atomic E-state index is 0.0325. The smallest absolute Gasteiger partial charge is 0.157 e. The van der Waals surface area contributed by atoms with Gasteiger partial charge in [0, 0.05) is 11.5 Å². The van der Waals surface area contributed by atoms with Gasteiger partial charge in [0.1, 0.15) is 11.7 Å². The van der Waals surface area contributed by atoms with Crippen LogP contribution >= 0.6 is 0 Å². The first kappa shape index (κ1) is 17.2. The normalized spacial score (nSPS) is 12.0. The zero-order valence-electron chi connectivity index (χ0n) is 13.5. The maximum atomic E-state index is 12.8. The summed E-state index contributed by atoms with van der Waals surface area (Å²) in [4.78, 5) is 12.8. The molecule has 0 N–H and O–H groups in total. The Kier molecular flexibility index (Phi) is 6.94. The summed E-state index contributed by atoms with van der Waals surface area (Å²) in [5, 5.41) is 9.52. The van der Waals surface area contributed by atoms with Crippen molar-refractivity contribution in [1.82, 2.24) is 0 Å². The number of benzene rings is 1. The van der Waals surface area contributed by atoms with Crippen molar-refractivity contribution in [1.29, 1.82) is 5.26 Å². The van der Waals surface area contributed by atoms with Crippen molar-refractivity contribution >= 4 is 5.78 Å². The maximum Gasteiger partial charge on any atom is 0.157 e. The average molecular weight is 287 g/mol. The fraction of sp³-hybridized carbons (Fsp3) is 0.556. The molecule has 21 heavy (non-hydrogen) atoms.